The van der Waals surface area contributed by atoms with E-state index in [2.05, 4.69) is 0 Å². The van der Waals surface area contributed by atoms with Crippen LogP contribution in [0.1, 0.15) is 12.5 Å². The van der Waals surface area contributed by atoms with Crippen LogP contribution in [-0.2, 0) is 6.42 Å². The van der Waals surface area contributed by atoms with E-state index in [-0.39, 0.29) is 0 Å². The second-order valence-corrected chi connectivity index (χ2v) is 3.75. The Morgan fingerprint density at radius 1 is 1.33 bits per heavy atom. The Kier molecular flexibility index (Phi) is 4.24. The third-order valence-corrected chi connectivity index (χ3v) is 2.42. The van der Waals surface area contributed by atoms with Crippen molar-refractivity contribution in [3.8, 4) is 11.5 Å². The van der Waals surface area contributed by atoms with Crippen molar-refractivity contribution in [3.05, 3.63) is 22.7 Å². The van der Waals surface area contributed by atoms with Crippen molar-refractivity contribution in [2.45, 2.75) is 19.4 Å². The van der Waals surface area contributed by atoms with Crippen LogP contribution in [0.15, 0.2) is 12.1 Å². The predicted molar refractivity (Wildman–Crippen MR) is 59.9 cm³/mol. The maximum Gasteiger partial charge on any atom is 0.127 e. The van der Waals surface area contributed by atoms with Gasteiger partial charge in [0.1, 0.15) is 11.5 Å². The van der Waals surface area contributed by atoms with E-state index in [1.807, 2.05) is 0 Å². The fourth-order valence-corrected chi connectivity index (χ4v) is 1.66. The number of aliphatic hydroxyl groups is 1. The molecule has 4 heteroatoms. The molecule has 0 aliphatic heterocycles. The maximum absolute atomic E-state index is 9.33. The zero-order chi connectivity index (χ0) is 11.4. The summed E-state index contributed by atoms with van der Waals surface area (Å²) in [5.41, 5.74) is 0.801. The molecule has 0 radical (unpaired) electrons. The number of hydrogen-bond acceptors (Lipinski definition) is 3. The van der Waals surface area contributed by atoms with Gasteiger partial charge in [0.25, 0.3) is 0 Å². The lowest BCUT2D eigenvalue weighted by molar-refractivity contribution is 0.194. The summed E-state index contributed by atoms with van der Waals surface area (Å²) in [4.78, 5) is 0. The molecule has 1 aromatic rings. The van der Waals surface area contributed by atoms with Crippen LogP contribution in [0.4, 0.5) is 0 Å². The van der Waals surface area contributed by atoms with Gasteiger partial charge in [-0.2, -0.15) is 0 Å². The van der Waals surface area contributed by atoms with E-state index in [4.69, 9.17) is 21.1 Å². The number of halogens is 1. The molecule has 0 spiro atoms. The molecule has 1 atom stereocenters. The van der Waals surface area contributed by atoms with Gasteiger partial charge in [0, 0.05) is 18.1 Å². The van der Waals surface area contributed by atoms with Gasteiger partial charge < -0.3 is 14.6 Å². The molecule has 1 N–H and O–H groups in total. The molecule has 0 fully saturated rings. The van der Waals surface area contributed by atoms with Crippen LogP contribution in [0.3, 0.4) is 0 Å². The SMILES string of the molecule is COc1cc(Cl)c(CC(C)O)c(OC)c1. The van der Waals surface area contributed by atoms with Gasteiger partial charge in [0.05, 0.1) is 25.3 Å². The summed E-state index contributed by atoms with van der Waals surface area (Å²) in [7, 11) is 3.14. The molecule has 0 saturated heterocycles. The van der Waals surface area contributed by atoms with E-state index in [1.165, 1.54) is 0 Å². The molecule has 0 aromatic heterocycles. The second-order valence-electron chi connectivity index (χ2n) is 3.34. The molecule has 0 aliphatic carbocycles. The number of aliphatic hydroxyl groups excluding tert-OH is 1. The number of methoxy groups -OCH3 is 2. The van der Waals surface area contributed by atoms with Crippen molar-refractivity contribution in [2.24, 2.45) is 0 Å². The number of ether oxygens (including phenoxy) is 2. The third-order valence-electron chi connectivity index (χ3n) is 2.08. The van der Waals surface area contributed by atoms with E-state index in [0.717, 1.165) is 5.56 Å². The smallest absolute Gasteiger partial charge is 0.127 e. The molecule has 0 aliphatic rings. The van der Waals surface area contributed by atoms with Crippen LogP contribution < -0.4 is 9.47 Å². The van der Waals surface area contributed by atoms with Crippen molar-refractivity contribution in [1.82, 2.24) is 0 Å². The molecule has 0 heterocycles. The molecule has 15 heavy (non-hydrogen) atoms. The van der Waals surface area contributed by atoms with Crippen LogP contribution in [0.25, 0.3) is 0 Å². The van der Waals surface area contributed by atoms with Gasteiger partial charge in [-0.05, 0) is 13.0 Å². The molecule has 1 aromatic carbocycles. The van der Waals surface area contributed by atoms with Crippen LogP contribution >= 0.6 is 11.6 Å². The molecule has 1 rings (SSSR count). The van der Waals surface area contributed by atoms with Gasteiger partial charge in [-0.3, -0.25) is 0 Å². The monoisotopic (exact) mass is 230 g/mol. The highest BCUT2D eigenvalue weighted by molar-refractivity contribution is 6.31. The largest absolute Gasteiger partial charge is 0.497 e. The maximum atomic E-state index is 9.33. The summed E-state index contributed by atoms with van der Waals surface area (Å²) < 4.78 is 10.3. The molecule has 0 saturated carbocycles. The lowest BCUT2D eigenvalue weighted by Crippen LogP contribution is -2.06. The van der Waals surface area contributed by atoms with Crippen LogP contribution in [0.5, 0.6) is 11.5 Å². The van der Waals surface area contributed by atoms with Gasteiger partial charge in [0.15, 0.2) is 0 Å². The van der Waals surface area contributed by atoms with Crippen LogP contribution in [0.2, 0.25) is 5.02 Å². The van der Waals surface area contributed by atoms with Crippen LogP contribution in [-0.4, -0.2) is 25.4 Å². The van der Waals surface area contributed by atoms with Crippen molar-refractivity contribution in [1.29, 1.82) is 0 Å². The van der Waals surface area contributed by atoms with Gasteiger partial charge in [-0.1, -0.05) is 11.6 Å². The summed E-state index contributed by atoms with van der Waals surface area (Å²) in [6.07, 6.45) is 0.0104. The first-order valence-corrected chi connectivity index (χ1v) is 5.04. The summed E-state index contributed by atoms with van der Waals surface area (Å²) in [6, 6.07) is 3.46. The highest BCUT2D eigenvalue weighted by atomic mass is 35.5. The van der Waals surface area contributed by atoms with Gasteiger partial charge >= 0.3 is 0 Å². The topological polar surface area (TPSA) is 38.7 Å². The number of benzene rings is 1. The minimum atomic E-state index is -0.454. The highest BCUT2D eigenvalue weighted by Gasteiger charge is 2.12. The Balaban J connectivity index is 3.12. The van der Waals surface area contributed by atoms with Crippen LogP contribution in [0, 0.1) is 0 Å². The molecular weight excluding hydrogens is 216 g/mol. The van der Waals surface area contributed by atoms with E-state index < -0.39 is 6.10 Å². The first-order valence-electron chi connectivity index (χ1n) is 4.67. The van der Waals surface area contributed by atoms with Gasteiger partial charge in [-0.25, -0.2) is 0 Å². The predicted octanol–water partition coefficient (Wildman–Crippen LogP) is 2.28. The molecular formula is C11H15ClO3. The van der Waals surface area contributed by atoms with E-state index in [9.17, 15) is 5.11 Å². The third kappa shape index (κ3) is 3.01. The number of hydrogen-bond donors (Lipinski definition) is 1. The first kappa shape index (κ1) is 12.1. The van der Waals surface area contributed by atoms with Crippen molar-refractivity contribution >= 4 is 11.6 Å². The standard InChI is InChI=1S/C11H15ClO3/c1-7(13)4-9-10(12)5-8(14-2)6-11(9)15-3/h5-7,13H,4H2,1-3H3. The fraction of sp³-hybridized carbons (Fsp3) is 0.455. The Morgan fingerprint density at radius 2 is 2.00 bits per heavy atom. The fourth-order valence-electron chi connectivity index (χ4n) is 1.38. The first-order chi connectivity index (χ1) is 7.08. The van der Waals surface area contributed by atoms with Gasteiger partial charge in [0.2, 0.25) is 0 Å². The lowest BCUT2D eigenvalue weighted by atomic mass is 10.1. The Labute approximate surface area is 94.6 Å². The second kappa shape index (κ2) is 5.24. The average Bonchev–Trinajstić information content (AvgIpc) is 2.20. The van der Waals surface area contributed by atoms with E-state index in [1.54, 1.807) is 33.3 Å². The zero-order valence-corrected chi connectivity index (χ0v) is 9.84. The molecule has 0 amide bonds. The zero-order valence-electron chi connectivity index (χ0n) is 9.08. The minimum Gasteiger partial charge on any atom is -0.497 e. The molecule has 1 unspecified atom stereocenters. The average molecular weight is 231 g/mol. The van der Waals surface area contributed by atoms with Crippen molar-refractivity contribution in [3.63, 3.8) is 0 Å². The minimum absolute atomic E-state index is 0.454. The Morgan fingerprint density at radius 3 is 2.47 bits per heavy atom. The normalized spacial score (nSPS) is 12.3. The molecule has 0 bridgehead atoms. The quantitative estimate of drug-likeness (QED) is 0.863. The summed E-state index contributed by atoms with van der Waals surface area (Å²) in [5.74, 6) is 1.28. The Bertz CT molecular complexity index is 337. The van der Waals surface area contributed by atoms with Gasteiger partial charge in [-0.15, -0.1) is 0 Å². The summed E-state index contributed by atoms with van der Waals surface area (Å²) in [6.45, 7) is 1.71. The lowest BCUT2D eigenvalue weighted by Gasteiger charge is -2.13. The van der Waals surface area contributed by atoms with E-state index >= 15 is 0 Å². The number of rotatable bonds is 4. The van der Waals surface area contributed by atoms with Crippen molar-refractivity contribution < 1.29 is 14.6 Å². The van der Waals surface area contributed by atoms with E-state index in [0.29, 0.717) is 22.9 Å². The molecule has 84 valence electrons. The summed E-state index contributed by atoms with van der Waals surface area (Å²) in [5, 5.41) is 9.88. The molecule has 3 nitrogen and oxygen atoms in total. The Hall–Kier alpha value is -0.930. The highest BCUT2D eigenvalue weighted by Crippen LogP contribution is 2.32. The van der Waals surface area contributed by atoms with Crippen molar-refractivity contribution in [2.75, 3.05) is 14.2 Å². The summed E-state index contributed by atoms with van der Waals surface area (Å²) >= 11 is 6.07.